The fraction of sp³-hybridized carbons (Fsp3) is 0.357. The fourth-order valence-electron chi connectivity index (χ4n) is 2.19. The lowest BCUT2D eigenvalue weighted by Crippen LogP contribution is -2.40. The first-order valence-electron chi connectivity index (χ1n) is 6.54. The molecule has 0 aliphatic carbocycles. The molecule has 0 aromatic heterocycles. The van der Waals surface area contributed by atoms with E-state index in [1.165, 1.54) is 12.1 Å². The number of hydrogen-bond donors (Lipinski definition) is 0. The van der Waals surface area contributed by atoms with Gasteiger partial charge < -0.3 is 0 Å². The Kier molecular flexibility index (Phi) is 4.32. The molecule has 1 aromatic rings. The first-order chi connectivity index (χ1) is 9.93. The molecular weight excluding hydrogens is 277 g/mol. The van der Waals surface area contributed by atoms with Gasteiger partial charge in [-0.15, -0.1) is 0 Å². The third-order valence-electron chi connectivity index (χ3n) is 3.18. The van der Waals surface area contributed by atoms with Crippen LogP contribution in [0.5, 0.6) is 0 Å². The second-order valence-corrected chi connectivity index (χ2v) is 4.85. The molecule has 6 nitrogen and oxygen atoms in total. The summed E-state index contributed by atoms with van der Waals surface area (Å²) in [6.45, 7) is 2.13. The zero-order chi connectivity index (χ0) is 15.6. The predicted molar refractivity (Wildman–Crippen MR) is 72.4 cm³/mol. The quantitative estimate of drug-likeness (QED) is 0.601. The monoisotopic (exact) mass is 293 g/mol. The van der Waals surface area contributed by atoms with Crippen molar-refractivity contribution in [2.45, 2.75) is 13.5 Å². The van der Waals surface area contributed by atoms with Gasteiger partial charge in [-0.25, -0.2) is 14.1 Å². The Morgan fingerprint density at radius 2 is 1.81 bits per heavy atom. The highest BCUT2D eigenvalue weighted by atomic mass is 19.1. The topological polar surface area (TPSA) is 60.9 Å². The number of urea groups is 1. The van der Waals surface area contributed by atoms with E-state index in [1.807, 2.05) is 0 Å². The van der Waals surface area contributed by atoms with Gasteiger partial charge in [0.1, 0.15) is 5.82 Å². The molecule has 0 N–H and O–H groups in total. The maximum Gasteiger partial charge on any atom is 0.335 e. The number of carbonyl (C=O) groups is 3. The highest BCUT2D eigenvalue weighted by Crippen LogP contribution is 2.13. The molecule has 0 atom stereocenters. The zero-order valence-corrected chi connectivity index (χ0v) is 11.9. The van der Waals surface area contributed by atoms with Crippen molar-refractivity contribution in [1.82, 2.24) is 14.7 Å². The number of rotatable bonds is 5. The maximum absolute atomic E-state index is 13.1. The molecule has 1 saturated heterocycles. The van der Waals surface area contributed by atoms with E-state index < -0.39 is 17.8 Å². The Hall–Kier alpha value is -2.28. The van der Waals surface area contributed by atoms with Gasteiger partial charge in [-0.05, 0) is 31.7 Å². The number of amides is 4. The van der Waals surface area contributed by atoms with Crippen LogP contribution in [0.4, 0.5) is 9.18 Å². The lowest BCUT2D eigenvalue weighted by molar-refractivity contribution is -0.143. The number of hydrogen-bond acceptors (Lipinski definition) is 4. The van der Waals surface area contributed by atoms with Crippen LogP contribution in [-0.4, -0.2) is 52.8 Å². The van der Waals surface area contributed by atoms with Crippen molar-refractivity contribution in [3.8, 4) is 0 Å². The van der Waals surface area contributed by atoms with Crippen molar-refractivity contribution in [1.29, 1.82) is 0 Å². The van der Waals surface area contributed by atoms with E-state index in [1.54, 1.807) is 31.0 Å². The Morgan fingerprint density at radius 1 is 1.14 bits per heavy atom. The predicted octanol–water partition coefficient (Wildman–Crippen LogP) is 1.03. The number of likely N-dealkylation sites (N-methyl/N-ethyl adjacent to an activating group) is 1. The Bertz CT molecular complexity index is 591. The molecule has 2 rings (SSSR count). The Labute approximate surface area is 121 Å². The van der Waals surface area contributed by atoms with Gasteiger partial charge in [-0.3, -0.25) is 19.4 Å². The minimum absolute atomic E-state index is 0.0174. The van der Waals surface area contributed by atoms with Crippen molar-refractivity contribution in [3.63, 3.8) is 0 Å². The molecule has 1 fully saturated rings. The van der Waals surface area contributed by atoms with Gasteiger partial charge in [-0.2, -0.15) is 0 Å². The molecule has 7 heteroatoms. The number of halogens is 1. The number of nitrogens with zero attached hydrogens (tertiary/aromatic N) is 3. The van der Waals surface area contributed by atoms with Crippen LogP contribution in [0.25, 0.3) is 0 Å². The Morgan fingerprint density at radius 3 is 2.38 bits per heavy atom. The highest BCUT2D eigenvalue weighted by molar-refractivity contribution is 6.44. The number of imide groups is 2. The normalized spacial score (nSPS) is 15.5. The molecule has 4 amide bonds. The first-order valence-corrected chi connectivity index (χ1v) is 6.54. The Balaban J connectivity index is 2.03. The minimum atomic E-state index is -0.826. The van der Waals surface area contributed by atoms with Crippen molar-refractivity contribution in [2.75, 3.05) is 20.3 Å². The summed E-state index contributed by atoms with van der Waals surface area (Å²) in [5.41, 5.74) is 0.718. The molecule has 0 saturated carbocycles. The third kappa shape index (κ3) is 3.08. The molecule has 0 unspecified atom stereocenters. The lowest BCUT2D eigenvalue weighted by atomic mass is 10.2. The van der Waals surface area contributed by atoms with Gasteiger partial charge in [0, 0.05) is 13.1 Å². The van der Waals surface area contributed by atoms with Gasteiger partial charge in [0.25, 0.3) is 0 Å². The average Bonchev–Trinajstić information content (AvgIpc) is 2.62. The largest absolute Gasteiger partial charge is 0.335 e. The van der Waals surface area contributed by atoms with E-state index in [9.17, 15) is 18.8 Å². The molecule has 1 heterocycles. The lowest BCUT2D eigenvalue weighted by Gasteiger charge is -2.22. The van der Waals surface area contributed by atoms with Crippen molar-refractivity contribution in [2.24, 2.45) is 0 Å². The molecule has 0 spiro atoms. The van der Waals surface area contributed by atoms with Gasteiger partial charge in [0.05, 0.1) is 6.67 Å². The van der Waals surface area contributed by atoms with E-state index in [-0.39, 0.29) is 19.0 Å². The van der Waals surface area contributed by atoms with Crippen molar-refractivity contribution >= 4 is 17.8 Å². The van der Waals surface area contributed by atoms with Crippen LogP contribution in [0.2, 0.25) is 0 Å². The summed E-state index contributed by atoms with van der Waals surface area (Å²) in [5, 5.41) is 0. The SMILES string of the molecule is CCN1C(=O)C(=O)N(CN(C)Cc2cccc(F)c2)C1=O. The van der Waals surface area contributed by atoms with Crippen LogP contribution in [0.1, 0.15) is 12.5 Å². The molecule has 21 heavy (non-hydrogen) atoms. The van der Waals surface area contributed by atoms with Crippen molar-refractivity contribution < 1.29 is 18.8 Å². The maximum atomic E-state index is 13.1. The third-order valence-corrected chi connectivity index (χ3v) is 3.18. The summed E-state index contributed by atoms with van der Waals surface area (Å²) in [7, 11) is 1.69. The van der Waals surface area contributed by atoms with Crippen LogP contribution in [-0.2, 0) is 16.1 Å². The molecule has 1 aliphatic rings. The van der Waals surface area contributed by atoms with Gasteiger partial charge in [0.2, 0.25) is 0 Å². The van der Waals surface area contributed by atoms with Crippen molar-refractivity contribution in [3.05, 3.63) is 35.6 Å². The van der Waals surface area contributed by atoms with E-state index in [2.05, 4.69) is 0 Å². The fourth-order valence-corrected chi connectivity index (χ4v) is 2.19. The second-order valence-electron chi connectivity index (χ2n) is 4.85. The summed E-state index contributed by atoms with van der Waals surface area (Å²) >= 11 is 0. The van der Waals surface area contributed by atoms with E-state index in [4.69, 9.17) is 0 Å². The summed E-state index contributed by atoms with van der Waals surface area (Å²) in [6.07, 6.45) is 0. The molecule has 0 radical (unpaired) electrons. The van der Waals surface area contributed by atoms with Gasteiger partial charge >= 0.3 is 17.8 Å². The standard InChI is InChI=1S/C14H16FN3O3/c1-3-17-12(19)13(20)18(14(17)21)9-16(2)8-10-5-4-6-11(15)7-10/h4-7H,3,8-9H2,1-2H3. The number of benzene rings is 1. The molecule has 0 bridgehead atoms. The minimum Gasteiger partial charge on any atom is -0.284 e. The summed E-state index contributed by atoms with van der Waals surface area (Å²) in [5.74, 6) is -1.98. The summed E-state index contributed by atoms with van der Waals surface area (Å²) in [4.78, 5) is 38.7. The van der Waals surface area contributed by atoms with Crippen LogP contribution in [0, 0.1) is 5.82 Å². The van der Waals surface area contributed by atoms with Crippen LogP contribution in [0.15, 0.2) is 24.3 Å². The van der Waals surface area contributed by atoms with Gasteiger partial charge in [-0.1, -0.05) is 12.1 Å². The highest BCUT2D eigenvalue weighted by Gasteiger charge is 2.43. The van der Waals surface area contributed by atoms with Crippen LogP contribution >= 0.6 is 0 Å². The van der Waals surface area contributed by atoms with E-state index >= 15 is 0 Å². The number of carbonyl (C=O) groups excluding carboxylic acids is 3. The molecule has 1 aliphatic heterocycles. The molecule has 112 valence electrons. The van der Waals surface area contributed by atoms with Crippen LogP contribution in [0.3, 0.4) is 0 Å². The van der Waals surface area contributed by atoms with E-state index in [0.29, 0.717) is 6.54 Å². The molecule has 1 aromatic carbocycles. The molecular formula is C14H16FN3O3. The van der Waals surface area contributed by atoms with Crippen LogP contribution < -0.4 is 0 Å². The summed E-state index contributed by atoms with van der Waals surface area (Å²) < 4.78 is 13.1. The van der Waals surface area contributed by atoms with E-state index in [0.717, 1.165) is 15.4 Å². The van der Waals surface area contributed by atoms with Gasteiger partial charge in [0.15, 0.2) is 0 Å². The first kappa shape index (κ1) is 15.1. The smallest absolute Gasteiger partial charge is 0.284 e. The second kappa shape index (κ2) is 6.01. The zero-order valence-electron chi connectivity index (χ0n) is 11.9. The summed E-state index contributed by atoms with van der Waals surface area (Å²) in [6, 6.07) is 5.45. The average molecular weight is 293 g/mol.